The summed E-state index contributed by atoms with van der Waals surface area (Å²) >= 11 is 0. The van der Waals surface area contributed by atoms with Gasteiger partial charge in [0.25, 0.3) is 5.91 Å². The number of carbonyl (C=O) groups excluding carboxylic acids is 1. The number of carbonyl (C=O) groups is 1. The molecule has 1 aliphatic carbocycles. The van der Waals surface area contributed by atoms with Crippen molar-refractivity contribution in [2.24, 2.45) is 5.73 Å². The third kappa shape index (κ3) is 4.86. The van der Waals surface area contributed by atoms with Gasteiger partial charge in [-0.15, -0.1) is 0 Å². The number of hydrogen-bond acceptors (Lipinski definition) is 3. The zero-order valence-electron chi connectivity index (χ0n) is 12.0. The third-order valence-corrected chi connectivity index (χ3v) is 3.52. The molecule has 4 nitrogen and oxygen atoms in total. The summed E-state index contributed by atoms with van der Waals surface area (Å²) in [5, 5.41) is 3.02. The van der Waals surface area contributed by atoms with Crippen molar-refractivity contribution in [2.45, 2.75) is 31.7 Å². The fourth-order valence-corrected chi connectivity index (χ4v) is 2.38. The minimum absolute atomic E-state index is 0.0670. The lowest BCUT2D eigenvalue weighted by Gasteiger charge is -2.12. The predicted octanol–water partition coefficient (Wildman–Crippen LogP) is 2.55. The van der Waals surface area contributed by atoms with Crippen LogP contribution in [0, 0.1) is 0 Å². The van der Waals surface area contributed by atoms with Crippen LogP contribution < -0.4 is 15.8 Å². The van der Waals surface area contributed by atoms with Crippen molar-refractivity contribution in [1.29, 1.82) is 0 Å². The zero-order valence-corrected chi connectivity index (χ0v) is 12.0. The van der Waals surface area contributed by atoms with Crippen LogP contribution in [0.5, 0.6) is 5.75 Å². The molecule has 0 radical (unpaired) electrons. The summed E-state index contributed by atoms with van der Waals surface area (Å²) in [7, 11) is 0. The van der Waals surface area contributed by atoms with Crippen molar-refractivity contribution in [1.82, 2.24) is 5.32 Å². The fraction of sp³-hybridized carbons (Fsp3) is 0.438. The lowest BCUT2D eigenvalue weighted by atomic mass is 10.1. The summed E-state index contributed by atoms with van der Waals surface area (Å²) in [6.45, 7) is 0.000284. The number of hydrogen-bond donors (Lipinski definition) is 2. The largest absolute Gasteiger partial charge is 0.487 e. The molecule has 3 N–H and O–H groups in total. The van der Waals surface area contributed by atoms with E-state index in [1.165, 1.54) is 18.9 Å². The molecule has 1 amide bonds. The van der Waals surface area contributed by atoms with E-state index in [-0.39, 0.29) is 19.1 Å². The van der Waals surface area contributed by atoms with Crippen molar-refractivity contribution in [2.75, 3.05) is 13.2 Å². The number of nitrogens with two attached hydrogens (primary N) is 1. The van der Waals surface area contributed by atoms with Gasteiger partial charge in [0.2, 0.25) is 0 Å². The van der Waals surface area contributed by atoms with Gasteiger partial charge >= 0.3 is 0 Å². The summed E-state index contributed by atoms with van der Waals surface area (Å²) in [5.41, 5.74) is 5.79. The van der Waals surface area contributed by atoms with Crippen molar-refractivity contribution in [3.8, 4) is 5.75 Å². The van der Waals surface area contributed by atoms with E-state index in [9.17, 15) is 9.18 Å². The van der Waals surface area contributed by atoms with Crippen molar-refractivity contribution in [3.05, 3.63) is 41.7 Å². The summed E-state index contributed by atoms with van der Waals surface area (Å²) in [6.07, 6.45) is 5.74. The number of halogens is 1. The Morgan fingerprint density at radius 2 is 2.00 bits per heavy atom. The minimum Gasteiger partial charge on any atom is -0.487 e. The Morgan fingerprint density at radius 1 is 1.33 bits per heavy atom. The summed E-state index contributed by atoms with van der Waals surface area (Å²) in [4.78, 5) is 12.0. The van der Waals surface area contributed by atoms with E-state index in [0.717, 1.165) is 12.8 Å². The number of amides is 1. The normalized spacial score (nSPS) is 16.0. The Labute approximate surface area is 124 Å². The Morgan fingerprint density at radius 3 is 2.62 bits per heavy atom. The number of ether oxygens (including phenoxy) is 1. The van der Waals surface area contributed by atoms with E-state index in [4.69, 9.17) is 10.5 Å². The van der Waals surface area contributed by atoms with Gasteiger partial charge in [0.15, 0.2) is 0 Å². The van der Waals surface area contributed by atoms with Gasteiger partial charge in [0.05, 0.1) is 0 Å². The van der Waals surface area contributed by atoms with Gasteiger partial charge < -0.3 is 15.8 Å². The van der Waals surface area contributed by atoms with Crippen LogP contribution in [-0.2, 0) is 0 Å². The lowest BCUT2D eigenvalue weighted by molar-refractivity contribution is 0.0938. The minimum atomic E-state index is -0.402. The van der Waals surface area contributed by atoms with Gasteiger partial charge in [0, 0.05) is 18.2 Å². The zero-order chi connectivity index (χ0) is 15.1. The van der Waals surface area contributed by atoms with Crippen LogP contribution in [0.2, 0.25) is 0 Å². The molecule has 114 valence electrons. The van der Waals surface area contributed by atoms with Gasteiger partial charge in [-0.2, -0.15) is 0 Å². The third-order valence-electron chi connectivity index (χ3n) is 3.52. The quantitative estimate of drug-likeness (QED) is 0.847. The molecule has 0 unspecified atom stereocenters. The Balaban J connectivity index is 1.86. The van der Waals surface area contributed by atoms with Crippen molar-refractivity contribution in [3.63, 3.8) is 0 Å². The molecule has 0 atom stereocenters. The molecule has 0 spiro atoms. The van der Waals surface area contributed by atoms with Crippen LogP contribution in [0.1, 0.15) is 36.0 Å². The maximum absolute atomic E-state index is 13.1. The van der Waals surface area contributed by atoms with E-state index >= 15 is 0 Å². The molecular formula is C16H21FN2O2. The second kappa shape index (κ2) is 7.78. The second-order valence-corrected chi connectivity index (χ2v) is 5.15. The highest BCUT2D eigenvalue weighted by atomic mass is 19.1. The van der Waals surface area contributed by atoms with Gasteiger partial charge in [0.1, 0.15) is 18.2 Å². The van der Waals surface area contributed by atoms with Crippen LogP contribution in [-0.4, -0.2) is 25.1 Å². The first-order chi connectivity index (χ1) is 10.2. The molecule has 0 aliphatic heterocycles. The van der Waals surface area contributed by atoms with Crippen LogP contribution in [0.4, 0.5) is 4.39 Å². The van der Waals surface area contributed by atoms with Crippen molar-refractivity contribution < 1.29 is 13.9 Å². The summed E-state index contributed by atoms with van der Waals surface area (Å²) < 4.78 is 18.4. The molecule has 0 saturated heterocycles. The summed E-state index contributed by atoms with van der Waals surface area (Å²) in [5.74, 6) is 0.0520. The first-order valence-electron chi connectivity index (χ1n) is 7.27. The molecular weight excluding hydrogens is 271 g/mol. The molecule has 1 aromatic carbocycles. The predicted molar refractivity (Wildman–Crippen MR) is 79.9 cm³/mol. The van der Waals surface area contributed by atoms with Crippen LogP contribution >= 0.6 is 0 Å². The monoisotopic (exact) mass is 292 g/mol. The van der Waals surface area contributed by atoms with E-state index < -0.39 is 5.83 Å². The SMILES string of the molecule is NCC=C(F)COc1ccc(C(=O)NC2CCCC2)cc1. The standard InChI is InChI=1S/C16H21FN2O2/c17-13(9-10-18)11-21-15-7-5-12(6-8-15)16(20)19-14-3-1-2-4-14/h5-9,14H,1-4,10-11,18H2,(H,19,20). The first-order valence-corrected chi connectivity index (χ1v) is 7.27. The van der Waals surface area contributed by atoms with Gasteiger partial charge in [-0.1, -0.05) is 12.8 Å². The second-order valence-electron chi connectivity index (χ2n) is 5.15. The topological polar surface area (TPSA) is 64.3 Å². The van der Waals surface area contributed by atoms with Crippen LogP contribution in [0.15, 0.2) is 36.2 Å². The molecule has 21 heavy (non-hydrogen) atoms. The Hall–Kier alpha value is -1.88. The van der Waals surface area contributed by atoms with E-state index in [1.54, 1.807) is 24.3 Å². The number of rotatable bonds is 6. The average Bonchev–Trinajstić information content (AvgIpc) is 2.99. The molecule has 5 heteroatoms. The smallest absolute Gasteiger partial charge is 0.251 e. The number of nitrogens with one attached hydrogen (secondary N) is 1. The average molecular weight is 292 g/mol. The Bertz CT molecular complexity index is 494. The van der Waals surface area contributed by atoms with E-state index in [2.05, 4.69) is 5.32 Å². The molecule has 1 aromatic rings. The van der Waals surface area contributed by atoms with Gasteiger partial charge in [-0.05, 0) is 43.2 Å². The molecule has 0 bridgehead atoms. The maximum Gasteiger partial charge on any atom is 0.251 e. The number of benzene rings is 1. The van der Waals surface area contributed by atoms with Gasteiger partial charge in [-0.25, -0.2) is 4.39 Å². The first kappa shape index (κ1) is 15.5. The molecule has 0 aromatic heterocycles. The molecule has 0 heterocycles. The van der Waals surface area contributed by atoms with Crippen LogP contribution in [0.3, 0.4) is 0 Å². The molecule has 1 saturated carbocycles. The fourth-order valence-electron chi connectivity index (χ4n) is 2.38. The van der Waals surface area contributed by atoms with E-state index in [1.807, 2.05) is 0 Å². The van der Waals surface area contributed by atoms with Gasteiger partial charge in [-0.3, -0.25) is 4.79 Å². The highest BCUT2D eigenvalue weighted by Gasteiger charge is 2.17. The maximum atomic E-state index is 13.1. The van der Waals surface area contributed by atoms with Crippen LogP contribution in [0.25, 0.3) is 0 Å². The molecule has 2 rings (SSSR count). The van der Waals surface area contributed by atoms with E-state index in [0.29, 0.717) is 17.4 Å². The highest BCUT2D eigenvalue weighted by Crippen LogP contribution is 2.19. The highest BCUT2D eigenvalue weighted by molar-refractivity contribution is 5.94. The van der Waals surface area contributed by atoms with Crippen molar-refractivity contribution >= 4 is 5.91 Å². The molecule has 1 aliphatic rings. The lowest BCUT2D eigenvalue weighted by Crippen LogP contribution is -2.32. The molecule has 1 fully saturated rings. The summed E-state index contributed by atoms with van der Waals surface area (Å²) in [6, 6.07) is 7.00. The Kier molecular flexibility index (Phi) is 5.75.